The first-order chi connectivity index (χ1) is 12.0. The van der Waals surface area contributed by atoms with Crippen LogP contribution in [0.3, 0.4) is 0 Å². The van der Waals surface area contributed by atoms with Crippen molar-refractivity contribution in [2.45, 2.75) is 46.1 Å². The van der Waals surface area contributed by atoms with Crippen molar-refractivity contribution in [2.75, 3.05) is 26.2 Å². The lowest BCUT2D eigenvalue weighted by atomic mass is 9.79. The largest absolute Gasteiger partial charge is 0.338 e. The van der Waals surface area contributed by atoms with Crippen molar-refractivity contribution in [3.05, 3.63) is 23.5 Å². The van der Waals surface area contributed by atoms with Gasteiger partial charge in [0.1, 0.15) is 0 Å². The molecule has 4 heterocycles. The number of hydrogen-bond acceptors (Lipinski definition) is 4. The molecule has 0 saturated carbocycles. The van der Waals surface area contributed by atoms with E-state index in [2.05, 4.69) is 34.1 Å². The zero-order valence-electron chi connectivity index (χ0n) is 15.4. The van der Waals surface area contributed by atoms with Gasteiger partial charge in [0.05, 0.1) is 17.1 Å². The highest BCUT2D eigenvalue weighted by Crippen LogP contribution is 2.36. The molecule has 1 unspecified atom stereocenters. The van der Waals surface area contributed by atoms with Crippen LogP contribution >= 0.6 is 0 Å². The lowest BCUT2D eigenvalue weighted by molar-refractivity contribution is 0.0555. The number of carbonyl (C=O) groups excluding carboxylic acids is 1. The van der Waals surface area contributed by atoms with Crippen LogP contribution in [0, 0.1) is 12.3 Å². The molecule has 6 nitrogen and oxygen atoms in total. The third-order valence-electron chi connectivity index (χ3n) is 5.70. The van der Waals surface area contributed by atoms with Crippen LogP contribution in [0.1, 0.15) is 55.2 Å². The fourth-order valence-electron chi connectivity index (χ4n) is 4.39. The zero-order chi connectivity index (χ0) is 17.6. The van der Waals surface area contributed by atoms with E-state index in [9.17, 15) is 4.79 Å². The summed E-state index contributed by atoms with van der Waals surface area (Å²) in [7, 11) is 0. The molecule has 134 valence electrons. The van der Waals surface area contributed by atoms with Gasteiger partial charge in [-0.25, -0.2) is 9.67 Å². The van der Waals surface area contributed by atoms with E-state index in [1.807, 2.05) is 17.7 Å². The fraction of sp³-hybridized carbons (Fsp3) is 0.632. The number of carbonyl (C=O) groups is 1. The second-order valence-electron chi connectivity index (χ2n) is 7.99. The van der Waals surface area contributed by atoms with Crippen LogP contribution in [-0.4, -0.2) is 51.8 Å². The molecule has 0 bridgehead atoms. The lowest BCUT2D eigenvalue weighted by Crippen LogP contribution is -2.47. The average molecular weight is 341 g/mol. The number of aryl methyl sites for hydroxylation is 1. The molecule has 0 aromatic carbocycles. The SMILES string of the molecule is Cc1cc(C(=O)N2CCCC3(CCNC3)C2)c2cnn(C(C)C)c2n1. The van der Waals surface area contributed by atoms with Crippen molar-refractivity contribution in [2.24, 2.45) is 5.41 Å². The first-order valence-corrected chi connectivity index (χ1v) is 9.34. The van der Waals surface area contributed by atoms with Gasteiger partial charge in [-0.05, 0) is 52.6 Å². The Hall–Kier alpha value is -1.95. The van der Waals surface area contributed by atoms with Gasteiger partial charge in [0, 0.05) is 36.8 Å². The van der Waals surface area contributed by atoms with Gasteiger partial charge in [-0.1, -0.05) is 0 Å². The fourth-order valence-corrected chi connectivity index (χ4v) is 4.39. The van der Waals surface area contributed by atoms with Crippen LogP contribution in [-0.2, 0) is 0 Å². The Morgan fingerprint density at radius 2 is 2.20 bits per heavy atom. The van der Waals surface area contributed by atoms with Gasteiger partial charge < -0.3 is 10.2 Å². The van der Waals surface area contributed by atoms with Crippen LogP contribution in [0.2, 0.25) is 0 Å². The summed E-state index contributed by atoms with van der Waals surface area (Å²) in [5.41, 5.74) is 2.70. The third kappa shape index (κ3) is 2.82. The molecule has 4 rings (SSSR count). The predicted molar refractivity (Wildman–Crippen MR) is 97.7 cm³/mol. The summed E-state index contributed by atoms with van der Waals surface area (Å²) in [5.74, 6) is 0.129. The van der Waals surface area contributed by atoms with Gasteiger partial charge in [-0.2, -0.15) is 5.10 Å². The number of fused-ring (bicyclic) bond motifs is 1. The normalized spacial score (nSPS) is 23.9. The van der Waals surface area contributed by atoms with E-state index in [4.69, 9.17) is 0 Å². The van der Waals surface area contributed by atoms with Crippen LogP contribution < -0.4 is 5.32 Å². The quantitative estimate of drug-likeness (QED) is 0.912. The number of nitrogens with zero attached hydrogens (tertiary/aromatic N) is 4. The standard InChI is InChI=1S/C19H27N5O/c1-13(2)24-17-16(10-21-24)15(9-14(3)22-17)18(25)23-8-4-5-19(12-23)6-7-20-11-19/h9-10,13,20H,4-8,11-12H2,1-3H3. The molecule has 6 heteroatoms. The number of amides is 1. The molecule has 1 atom stereocenters. The topological polar surface area (TPSA) is 63.1 Å². The van der Waals surface area contributed by atoms with E-state index >= 15 is 0 Å². The molecule has 2 fully saturated rings. The number of pyridine rings is 1. The molecule has 2 saturated heterocycles. The maximum atomic E-state index is 13.3. The van der Waals surface area contributed by atoms with E-state index in [1.54, 1.807) is 6.20 Å². The molecular weight excluding hydrogens is 314 g/mol. The Bertz CT molecular complexity index is 803. The molecule has 2 aliphatic rings. The lowest BCUT2D eigenvalue weighted by Gasteiger charge is -2.40. The Morgan fingerprint density at radius 1 is 1.36 bits per heavy atom. The van der Waals surface area contributed by atoms with Crippen molar-refractivity contribution >= 4 is 16.9 Å². The van der Waals surface area contributed by atoms with Crippen LogP contribution in [0.5, 0.6) is 0 Å². The van der Waals surface area contributed by atoms with Crippen molar-refractivity contribution < 1.29 is 4.79 Å². The molecule has 1 N–H and O–H groups in total. The van der Waals surface area contributed by atoms with Crippen molar-refractivity contribution in [3.8, 4) is 0 Å². The van der Waals surface area contributed by atoms with E-state index < -0.39 is 0 Å². The van der Waals surface area contributed by atoms with Crippen LogP contribution in [0.15, 0.2) is 12.3 Å². The number of hydrogen-bond donors (Lipinski definition) is 1. The van der Waals surface area contributed by atoms with Crippen molar-refractivity contribution in [1.82, 2.24) is 25.0 Å². The molecule has 2 aromatic heterocycles. The number of likely N-dealkylation sites (tertiary alicyclic amines) is 1. The minimum absolute atomic E-state index is 0.129. The van der Waals surface area contributed by atoms with Crippen LogP contribution in [0.4, 0.5) is 0 Å². The third-order valence-corrected chi connectivity index (χ3v) is 5.70. The maximum Gasteiger partial charge on any atom is 0.254 e. The number of aromatic nitrogens is 3. The van der Waals surface area contributed by atoms with Gasteiger partial charge >= 0.3 is 0 Å². The van der Waals surface area contributed by atoms with Crippen LogP contribution in [0.25, 0.3) is 11.0 Å². The van der Waals surface area contributed by atoms with E-state index in [1.165, 1.54) is 12.8 Å². The predicted octanol–water partition coefficient (Wildman–Crippen LogP) is 2.54. The molecule has 2 aromatic rings. The molecular formula is C19H27N5O. The second-order valence-corrected chi connectivity index (χ2v) is 7.99. The molecule has 2 aliphatic heterocycles. The Labute approximate surface area is 148 Å². The van der Waals surface area contributed by atoms with Gasteiger partial charge in [0.2, 0.25) is 0 Å². The summed E-state index contributed by atoms with van der Waals surface area (Å²) in [6, 6.07) is 2.14. The molecule has 0 radical (unpaired) electrons. The summed E-state index contributed by atoms with van der Waals surface area (Å²) in [6.07, 6.45) is 5.28. The summed E-state index contributed by atoms with van der Waals surface area (Å²) < 4.78 is 1.90. The number of nitrogens with one attached hydrogen (secondary N) is 1. The highest BCUT2D eigenvalue weighted by molar-refractivity contribution is 6.05. The highest BCUT2D eigenvalue weighted by Gasteiger charge is 2.39. The number of piperidine rings is 1. The molecule has 1 amide bonds. The van der Waals surface area contributed by atoms with E-state index in [0.29, 0.717) is 0 Å². The first-order valence-electron chi connectivity index (χ1n) is 9.34. The van der Waals surface area contributed by atoms with Crippen molar-refractivity contribution in [1.29, 1.82) is 0 Å². The van der Waals surface area contributed by atoms with Gasteiger partial charge in [0.15, 0.2) is 5.65 Å². The monoisotopic (exact) mass is 341 g/mol. The Morgan fingerprint density at radius 3 is 2.92 bits per heavy atom. The second kappa shape index (κ2) is 6.09. The summed E-state index contributed by atoms with van der Waals surface area (Å²) in [4.78, 5) is 20.0. The summed E-state index contributed by atoms with van der Waals surface area (Å²) in [6.45, 7) is 9.93. The van der Waals surface area contributed by atoms with Gasteiger partial charge in [-0.15, -0.1) is 0 Å². The number of rotatable bonds is 2. The first kappa shape index (κ1) is 16.5. The molecule has 25 heavy (non-hydrogen) atoms. The van der Waals surface area contributed by atoms with E-state index in [-0.39, 0.29) is 17.4 Å². The smallest absolute Gasteiger partial charge is 0.254 e. The van der Waals surface area contributed by atoms with Crippen molar-refractivity contribution in [3.63, 3.8) is 0 Å². The van der Waals surface area contributed by atoms with Gasteiger partial charge in [-0.3, -0.25) is 4.79 Å². The Kier molecular flexibility index (Phi) is 4.02. The molecule has 0 aliphatic carbocycles. The highest BCUT2D eigenvalue weighted by atomic mass is 16.2. The zero-order valence-corrected chi connectivity index (χ0v) is 15.4. The minimum Gasteiger partial charge on any atom is -0.338 e. The minimum atomic E-state index is 0.129. The summed E-state index contributed by atoms with van der Waals surface area (Å²) >= 11 is 0. The molecule has 1 spiro atoms. The van der Waals surface area contributed by atoms with E-state index in [0.717, 1.165) is 54.9 Å². The Balaban J connectivity index is 1.70. The summed E-state index contributed by atoms with van der Waals surface area (Å²) in [5, 5.41) is 8.81. The maximum absolute atomic E-state index is 13.3. The average Bonchev–Trinajstić information content (AvgIpc) is 3.20. The van der Waals surface area contributed by atoms with Gasteiger partial charge in [0.25, 0.3) is 5.91 Å².